The van der Waals surface area contributed by atoms with Gasteiger partial charge in [0.25, 0.3) is 0 Å². The summed E-state index contributed by atoms with van der Waals surface area (Å²) < 4.78 is 0. The van der Waals surface area contributed by atoms with Crippen molar-refractivity contribution in [2.45, 2.75) is 25.7 Å². The number of carbonyl (C=O) groups is 4. The third kappa shape index (κ3) is 4.35. The van der Waals surface area contributed by atoms with Crippen LogP contribution in [0.1, 0.15) is 31.2 Å². The highest BCUT2D eigenvalue weighted by Gasteiger charge is 2.67. The molecule has 2 N–H and O–H groups in total. The van der Waals surface area contributed by atoms with Gasteiger partial charge in [-0.25, -0.2) is 4.90 Å². The number of fused-ring (bicyclic) bond motifs is 4. The lowest BCUT2D eigenvalue weighted by atomic mass is 9.51. The van der Waals surface area contributed by atoms with E-state index in [9.17, 15) is 24.3 Å². The van der Waals surface area contributed by atoms with Crippen molar-refractivity contribution in [1.29, 1.82) is 0 Å². The molecule has 0 aromatic heterocycles. The van der Waals surface area contributed by atoms with Crippen LogP contribution in [0, 0.1) is 29.1 Å². The van der Waals surface area contributed by atoms with Gasteiger partial charge in [-0.05, 0) is 91.9 Å². The van der Waals surface area contributed by atoms with E-state index < -0.39 is 35.0 Å². The van der Waals surface area contributed by atoms with Crippen LogP contribution < -0.4 is 15.1 Å². The molecule has 2 saturated heterocycles. The Labute approximate surface area is 272 Å². The smallest absolute Gasteiger partial charge is 0.241 e. The number of para-hydroxylation sites is 2. The van der Waals surface area contributed by atoms with E-state index in [0.717, 1.165) is 22.5 Å². The molecule has 234 valence electrons. The molecule has 0 spiro atoms. The second kappa shape index (κ2) is 10.8. The van der Waals surface area contributed by atoms with Crippen molar-refractivity contribution in [2.75, 3.05) is 15.1 Å². The number of nitrogens with zero attached hydrogens (tertiary/aromatic N) is 2. The van der Waals surface area contributed by atoms with Gasteiger partial charge in [0.1, 0.15) is 5.75 Å². The number of hydrogen-bond donors (Lipinski definition) is 2. The van der Waals surface area contributed by atoms with Crippen molar-refractivity contribution in [3.8, 4) is 5.75 Å². The average Bonchev–Trinajstić information content (AvgIpc) is 3.46. The molecular formula is C39H33N3O5. The van der Waals surface area contributed by atoms with Crippen LogP contribution in [0.2, 0.25) is 0 Å². The Kier molecular flexibility index (Phi) is 6.65. The predicted octanol–water partition coefficient (Wildman–Crippen LogP) is 6.57. The van der Waals surface area contributed by atoms with Gasteiger partial charge in [-0.15, -0.1) is 0 Å². The van der Waals surface area contributed by atoms with Crippen molar-refractivity contribution >= 4 is 46.4 Å². The third-order valence-corrected chi connectivity index (χ3v) is 10.7. The second-order valence-electron chi connectivity index (χ2n) is 13.1. The number of phenols is 1. The summed E-state index contributed by atoms with van der Waals surface area (Å²) in [6.07, 6.45) is 2.69. The Morgan fingerprint density at radius 3 is 1.98 bits per heavy atom. The fraction of sp³-hybridized carbons (Fsp3) is 0.231. The predicted molar refractivity (Wildman–Crippen MR) is 178 cm³/mol. The number of phenolic OH excluding ortho intramolecular Hbond substituents is 1. The molecule has 4 aromatic rings. The van der Waals surface area contributed by atoms with Gasteiger partial charge in [0.2, 0.25) is 23.6 Å². The molecule has 8 rings (SSSR count). The van der Waals surface area contributed by atoms with Gasteiger partial charge in [-0.1, -0.05) is 60.2 Å². The van der Waals surface area contributed by atoms with Gasteiger partial charge < -0.3 is 10.4 Å². The molecule has 8 heteroatoms. The van der Waals surface area contributed by atoms with Gasteiger partial charge in [-0.2, -0.15) is 0 Å². The molecule has 2 aliphatic heterocycles. The van der Waals surface area contributed by atoms with Gasteiger partial charge in [0.05, 0.1) is 34.5 Å². The molecule has 2 aliphatic carbocycles. The first kappa shape index (κ1) is 28.9. The number of hydrogen-bond acceptors (Lipinski definition) is 6. The molecule has 8 nitrogen and oxygen atoms in total. The van der Waals surface area contributed by atoms with Crippen LogP contribution >= 0.6 is 0 Å². The molecule has 4 aromatic carbocycles. The zero-order valence-corrected chi connectivity index (χ0v) is 25.7. The minimum absolute atomic E-state index is 0.0948. The minimum atomic E-state index is -1.12. The summed E-state index contributed by atoms with van der Waals surface area (Å²) in [7, 11) is 0. The summed E-state index contributed by atoms with van der Waals surface area (Å²) in [6.45, 7) is 1.86. The average molecular weight is 624 g/mol. The van der Waals surface area contributed by atoms with E-state index >= 15 is 0 Å². The van der Waals surface area contributed by atoms with E-state index in [1.165, 1.54) is 9.80 Å². The number of aromatic hydroxyl groups is 1. The topological polar surface area (TPSA) is 107 Å². The van der Waals surface area contributed by atoms with Gasteiger partial charge in [0.15, 0.2) is 0 Å². The summed E-state index contributed by atoms with van der Waals surface area (Å²) in [5, 5.41) is 13.4. The molecule has 47 heavy (non-hydrogen) atoms. The molecule has 1 saturated carbocycles. The summed E-state index contributed by atoms with van der Waals surface area (Å²) in [5.74, 6) is -3.81. The Morgan fingerprint density at radius 2 is 1.30 bits per heavy atom. The maximum Gasteiger partial charge on any atom is 0.241 e. The number of anilines is 4. The highest BCUT2D eigenvalue weighted by Crippen LogP contribution is 2.63. The highest BCUT2D eigenvalue weighted by atomic mass is 16.3. The molecule has 4 aliphatic rings. The Balaban J connectivity index is 1.16. The Morgan fingerprint density at radius 1 is 0.681 bits per heavy atom. The molecule has 3 fully saturated rings. The van der Waals surface area contributed by atoms with Crippen molar-refractivity contribution in [3.63, 3.8) is 0 Å². The van der Waals surface area contributed by atoms with Crippen LogP contribution in [-0.4, -0.2) is 28.7 Å². The fourth-order valence-corrected chi connectivity index (χ4v) is 8.52. The molecule has 4 amide bonds. The first-order valence-electron chi connectivity index (χ1n) is 16.0. The zero-order valence-electron chi connectivity index (χ0n) is 25.7. The lowest BCUT2D eigenvalue weighted by Crippen LogP contribution is -2.48. The van der Waals surface area contributed by atoms with Gasteiger partial charge in [-0.3, -0.25) is 24.1 Å². The van der Waals surface area contributed by atoms with Crippen molar-refractivity contribution in [3.05, 3.63) is 126 Å². The maximum absolute atomic E-state index is 14.4. The number of carbonyl (C=O) groups excluding carboxylic acids is 4. The SMILES string of the molecule is C[C@@]12C(=O)N(c3ccccc3)C(=O)[C@@H]1C[C@@H]1C(=CC[C@@H]3C(=O)N(c4ccc(Nc5ccccc5)cc4)C(=O)[C@@H]31)[C@@H]2c1ccc(O)cc1. The van der Waals surface area contributed by atoms with E-state index in [4.69, 9.17) is 0 Å². The normalized spacial score (nSPS) is 28.1. The molecule has 2 heterocycles. The molecular weight excluding hydrogens is 590 g/mol. The van der Waals surface area contributed by atoms with Crippen LogP contribution in [0.25, 0.3) is 0 Å². The summed E-state index contributed by atoms with van der Waals surface area (Å²) >= 11 is 0. The third-order valence-electron chi connectivity index (χ3n) is 10.7. The quantitative estimate of drug-likeness (QED) is 0.192. The van der Waals surface area contributed by atoms with E-state index in [2.05, 4.69) is 5.32 Å². The maximum atomic E-state index is 14.4. The van der Waals surface area contributed by atoms with Crippen molar-refractivity contribution in [2.24, 2.45) is 29.1 Å². The van der Waals surface area contributed by atoms with Gasteiger partial charge in [0, 0.05) is 17.3 Å². The number of allylic oxidation sites excluding steroid dienone is 2. The van der Waals surface area contributed by atoms with Crippen LogP contribution in [0.4, 0.5) is 22.7 Å². The van der Waals surface area contributed by atoms with Crippen LogP contribution in [0.3, 0.4) is 0 Å². The van der Waals surface area contributed by atoms with E-state index in [0.29, 0.717) is 24.2 Å². The lowest BCUT2D eigenvalue weighted by Gasteiger charge is -2.49. The first-order chi connectivity index (χ1) is 22.8. The highest BCUT2D eigenvalue weighted by molar-refractivity contribution is 6.25. The van der Waals surface area contributed by atoms with Crippen molar-refractivity contribution < 1.29 is 24.3 Å². The largest absolute Gasteiger partial charge is 0.508 e. The number of rotatable bonds is 5. The Hall–Kier alpha value is -5.50. The number of benzene rings is 4. The Bertz CT molecular complexity index is 1940. The number of nitrogens with one attached hydrogen (secondary N) is 1. The van der Waals surface area contributed by atoms with E-state index in [-0.39, 0.29) is 29.4 Å². The molecule has 6 atom stereocenters. The van der Waals surface area contributed by atoms with Crippen LogP contribution in [-0.2, 0) is 19.2 Å². The summed E-state index contributed by atoms with van der Waals surface area (Å²) in [4.78, 5) is 59.5. The number of amides is 4. The summed E-state index contributed by atoms with van der Waals surface area (Å²) in [6, 6.07) is 32.7. The molecule has 0 unspecified atom stereocenters. The summed E-state index contributed by atoms with van der Waals surface area (Å²) in [5.41, 5.74) is 3.36. The lowest BCUT2D eigenvalue weighted by molar-refractivity contribution is -0.131. The molecule has 0 radical (unpaired) electrons. The fourth-order valence-electron chi connectivity index (χ4n) is 8.52. The van der Waals surface area contributed by atoms with Crippen LogP contribution in [0.15, 0.2) is 121 Å². The van der Waals surface area contributed by atoms with Crippen molar-refractivity contribution in [1.82, 2.24) is 0 Å². The minimum Gasteiger partial charge on any atom is -0.508 e. The molecule has 0 bridgehead atoms. The monoisotopic (exact) mass is 623 g/mol. The zero-order chi connectivity index (χ0) is 32.4. The van der Waals surface area contributed by atoms with E-state index in [1.54, 1.807) is 60.7 Å². The second-order valence-corrected chi connectivity index (χ2v) is 13.1. The first-order valence-corrected chi connectivity index (χ1v) is 16.0. The van der Waals surface area contributed by atoms with Crippen LogP contribution in [0.5, 0.6) is 5.75 Å². The standard InChI is InChI=1S/C39H33N3O5/c1-39-32(36(45)42(38(39)47)26-10-6-3-7-11-26)22-31-29(34(39)23-12-18-28(43)19-13-23)20-21-30-33(31)37(46)41(35(30)44)27-16-14-25(15-17-27)40-24-8-4-2-5-9-24/h2-20,30-34,40,43H,21-22H2,1H3/t30-,31+,32-,33-,34-,39+/m0/s1. The van der Waals surface area contributed by atoms with Gasteiger partial charge >= 0.3 is 0 Å². The van der Waals surface area contributed by atoms with E-state index in [1.807, 2.05) is 61.5 Å². The number of imide groups is 2.